The van der Waals surface area contributed by atoms with Crippen LogP contribution in [0.3, 0.4) is 0 Å². The number of hydrogen-bond acceptors (Lipinski definition) is 6. The highest BCUT2D eigenvalue weighted by atomic mass is 16.5. The number of ether oxygens (including phenoxy) is 2. The third-order valence-corrected chi connectivity index (χ3v) is 5.88. The molecule has 1 aliphatic rings. The van der Waals surface area contributed by atoms with Gasteiger partial charge in [0.25, 0.3) is 5.91 Å². The van der Waals surface area contributed by atoms with Gasteiger partial charge in [0.1, 0.15) is 5.69 Å². The number of aldehydes is 1. The first kappa shape index (κ1) is 22.3. The molecule has 0 aliphatic carbocycles. The van der Waals surface area contributed by atoms with E-state index in [4.69, 9.17) is 9.47 Å². The zero-order chi connectivity index (χ0) is 23.9. The van der Waals surface area contributed by atoms with Gasteiger partial charge in [0.2, 0.25) is 5.78 Å². The van der Waals surface area contributed by atoms with Crippen LogP contribution in [0.5, 0.6) is 11.5 Å². The Morgan fingerprint density at radius 1 is 1.06 bits per heavy atom. The third-order valence-electron chi connectivity index (χ3n) is 5.88. The molecule has 0 atom stereocenters. The second kappa shape index (κ2) is 8.20. The van der Waals surface area contributed by atoms with Gasteiger partial charge >= 0.3 is 0 Å². The van der Waals surface area contributed by atoms with Gasteiger partial charge in [0, 0.05) is 40.6 Å². The maximum absolute atomic E-state index is 13.3. The molecule has 8 nitrogen and oxygen atoms in total. The highest BCUT2D eigenvalue weighted by Crippen LogP contribution is 2.35. The first-order valence-corrected chi connectivity index (χ1v) is 10.4. The quantitative estimate of drug-likeness (QED) is 0.328. The molecule has 3 aromatic rings. The van der Waals surface area contributed by atoms with Crippen LogP contribution in [-0.4, -0.2) is 54.0 Å². The van der Waals surface area contributed by atoms with Crippen LogP contribution >= 0.6 is 0 Å². The summed E-state index contributed by atoms with van der Waals surface area (Å²) < 4.78 is 12.3. The summed E-state index contributed by atoms with van der Waals surface area (Å²) in [5.41, 5.74) is 1.84. The average molecular weight is 447 g/mol. The van der Waals surface area contributed by atoms with Crippen LogP contribution in [0.15, 0.2) is 47.7 Å². The summed E-state index contributed by atoms with van der Waals surface area (Å²) in [5.74, 6) is 0.282. The Bertz CT molecular complexity index is 1320. The van der Waals surface area contributed by atoms with Gasteiger partial charge in [-0.05, 0) is 30.3 Å². The van der Waals surface area contributed by atoms with E-state index in [0.29, 0.717) is 29.0 Å². The smallest absolute Gasteiger partial charge is 0.274 e. The number of methoxy groups -OCH3 is 2. The summed E-state index contributed by atoms with van der Waals surface area (Å²) in [7, 11) is 4.84. The molecule has 0 radical (unpaired) electrons. The predicted molar refractivity (Wildman–Crippen MR) is 124 cm³/mol. The Labute approximate surface area is 191 Å². The summed E-state index contributed by atoms with van der Waals surface area (Å²) in [6.07, 6.45) is 2.04. The number of hydrazone groups is 1. The molecule has 0 bridgehead atoms. The molecule has 0 saturated heterocycles. The van der Waals surface area contributed by atoms with Crippen LogP contribution in [-0.2, 0) is 11.8 Å². The molecule has 2 aromatic carbocycles. The van der Waals surface area contributed by atoms with Crippen molar-refractivity contribution < 1.29 is 23.9 Å². The predicted octanol–water partition coefficient (Wildman–Crippen LogP) is 3.46. The van der Waals surface area contributed by atoms with Crippen LogP contribution < -0.4 is 9.47 Å². The SMILES string of the molecule is COc1ccc(C2=NN(C(=O)c3ccc4cn(C)c(C(=O)C=O)c4c3)CC2(C)C)cc1OC. The molecule has 0 saturated carbocycles. The fourth-order valence-corrected chi connectivity index (χ4v) is 4.27. The van der Waals surface area contributed by atoms with Crippen molar-refractivity contribution in [3.8, 4) is 11.5 Å². The van der Waals surface area contributed by atoms with E-state index < -0.39 is 11.2 Å². The fourth-order valence-electron chi connectivity index (χ4n) is 4.27. The Morgan fingerprint density at radius 3 is 2.45 bits per heavy atom. The van der Waals surface area contributed by atoms with Crippen molar-refractivity contribution in [3.05, 3.63) is 59.4 Å². The zero-order valence-corrected chi connectivity index (χ0v) is 19.2. The van der Waals surface area contributed by atoms with Crippen molar-refractivity contribution in [2.24, 2.45) is 17.6 Å². The number of nitrogens with zero attached hydrogens (tertiary/aromatic N) is 3. The maximum Gasteiger partial charge on any atom is 0.274 e. The Hall–Kier alpha value is -3.94. The van der Waals surface area contributed by atoms with E-state index >= 15 is 0 Å². The number of carbonyl (C=O) groups is 3. The van der Waals surface area contributed by atoms with Gasteiger partial charge in [-0.25, -0.2) is 5.01 Å². The van der Waals surface area contributed by atoms with E-state index in [-0.39, 0.29) is 17.9 Å². The molecule has 0 spiro atoms. The molecule has 0 unspecified atom stereocenters. The number of ketones is 1. The number of amides is 1. The lowest BCUT2D eigenvalue weighted by Crippen LogP contribution is -2.31. The van der Waals surface area contributed by atoms with Gasteiger partial charge in [0.15, 0.2) is 17.8 Å². The van der Waals surface area contributed by atoms with Crippen molar-refractivity contribution in [2.45, 2.75) is 13.8 Å². The van der Waals surface area contributed by atoms with Crippen molar-refractivity contribution in [2.75, 3.05) is 20.8 Å². The van der Waals surface area contributed by atoms with Crippen molar-refractivity contribution >= 4 is 34.5 Å². The highest BCUT2D eigenvalue weighted by molar-refractivity contribution is 6.36. The van der Waals surface area contributed by atoms with E-state index in [9.17, 15) is 14.4 Å². The highest BCUT2D eigenvalue weighted by Gasteiger charge is 2.38. The minimum absolute atomic E-state index is 0.255. The molecule has 2 heterocycles. The summed E-state index contributed by atoms with van der Waals surface area (Å²) in [6, 6.07) is 10.7. The van der Waals surface area contributed by atoms with Crippen molar-refractivity contribution in [3.63, 3.8) is 0 Å². The molecule has 4 rings (SSSR count). The number of carbonyl (C=O) groups excluding carboxylic acids is 3. The number of aromatic nitrogens is 1. The Kier molecular flexibility index (Phi) is 5.53. The van der Waals surface area contributed by atoms with Gasteiger partial charge in [-0.2, -0.15) is 5.10 Å². The summed E-state index contributed by atoms with van der Waals surface area (Å²) in [4.78, 5) is 36.5. The van der Waals surface area contributed by atoms with Crippen LogP contribution in [0, 0.1) is 5.41 Å². The number of aryl methyl sites for hydroxylation is 1. The number of rotatable bonds is 6. The van der Waals surface area contributed by atoms with Crippen LogP contribution in [0.4, 0.5) is 0 Å². The van der Waals surface area contributed by atoms with Gasteiger partial charge in [-0.3, -0.25) is 14.4 Å². The molecule has 33 heavy (non-hydrogen) atoms. The molecule has 170 valence electrons. The monoisotopic (exact) mass is 447 g/mol. The fraction of sp³-hybridized carbons (Fsp3) is 0.280. The molecular weight excluding hydrogens is 422 g/mol. The van der Waals surface area contributed by atoms with E-state index in [1.165, 1.54) is 5.01 Å². The average Bonchev–Trinajstić information content (AvgIpc) is 3.31. The lowest BCUT2D eigenvalue weighted by atomic mass is 9.84. The van der Waals surface area contributed by atoms with E-state index in [2.05, 4.69) is 5.10 Å². The van der Waals surface area contributed by atoms with Gasteiger partial charge in [-0.15, -0.1) is 0 Å². The molecule has 1 aliphatic heterocycles. The lowest BCUT2D eigenvalue weighted by molar-refractivity contribution is -0.104. The lowest BCUT2D eigenvalue weighted by Gasteiger charge is -2.21. The molecule has 8 heteroatoms. The first-order chi connectivity index (χ1) is 15.7. The molecule has 1 amide bonds. The van der Waals surface area contributed by atoms with Crippen LogP contribution in [0.1, 0.15) is 40.3 Å². The Morgan fingerprint density at radius 2 is 1.79 bits per heavy atom. The second-order valence-corrected chi connectivity index (χ2v) is 8.64. The Balaban J connectivity index is 1.72. The first-order valence-electron chi connectivity index (χ1n) is 10.4. The minimum atomic E-state index is -0.631. The van der Waals surface area contributed by atoms with E-state index in [1.54, 1.807) is 50.2 Å². The molecule has 0 N–H and O–H groups in total. The maximum atomic E-state index is 13.3. The van der Waals surface area contributed by atoms with E-state index in [0.717, 1.165) is 16.7 Å². The van der Waals surface area contributed by atoms with E-state index in [1.807, 2.05) is 32.0 Å². The number of fused-ring (bicyclic) bond motifs is 1. The zero-order valence-electron chi connectivity index (χ0n) is 19.2. The largest absolute Gasteiger partial charge is 0.493 e. The molecular formula is C25H25N3O5. The molecule has 1 aromatic heterocycles. The molecule has 0 fully saturated rings. The van der Waals surface area contributed by atoms with Gasteiger partial charge < -0.3 is 14.0 Å². The van der Waals surface area contributed by atoms with Crippen LogP contribution in [0.2, 0.25) is 0 Å². The number of hydrogen-bond donors (Lipinski definition) is 0. The van der Waals surface area contributed by atoms with Gasteiger partial charge in [-0.1, -0.05) is 19.9 Å². The number of Topliss-reactive ketones (excluding diaryl/α,β-unsaturated/α-hetero) is 1. The summed E-state index contributed by atoms with van der Waals surface area (Å²) in [6.45, 7) is 4.44. The summed E-state index contributed by atoms with van der Waals surface area (Å²) >= 11 is 0. The van der Waals surface area contributed by atoms with Crippen molar-refractivity contribution in [1.29, 1.82) is 0 Å². The topological polar surface area (TPSA) is 90.2 Å². The second-order valence-electron chi connectivity index (χ2n) is 8.64. The van der Waals surface area contributed by atoms with Gasteiger partial charge in [0.05, 0.1) is 26.5 Å². The number of benzene rings is 2. The normalized spacial score (nSPS) is 14.8. The standard InChI is InChI=1S/C25H25N3O5/c1-25(2)14-28(26-23(25)15-8-9-20(32-4)21(11-15)33-5)24(31)16-6-7-17-12-27(3)22(18(17)10-16)19(30)13-29/h6-13H,14H2,1-5H3. The summed E-state index contributed by atoms with van der Waals surface area (Å²) in [5, 5.41) is 7.43. The van der Waals surface area contributed by atoms with Crippen molar-refractivity contribution in [1.82, 2.24) is 9.58 Å². The minimum Gasteiger partial charge on any atom is -0.493 e. The third kappa shape index (κ3) is 3.77. The van der Waals surface area contributed by atoms with Crippen LogP contribution in [0.25, 0.3) is 10.8 Å².